The molecule has 0 aliphatic carbocycles. The Hall–Kier alpha value is -1.07. The Morgan fingerprint density at radius 2 is 1.35 bits per heavy atom. The van der Waals surface area contributed by atoms with Gasteiger partial charge in [0.25, 0.3) is 0 Å². The molecule has 0 aliphatic heterocycles. The van der Waals surface area contributed by atoms with E-state index in [1.807, 2.05) is 0 Å². The van der Waals surface area contributed by atoms with E-state index in [0.29, 0.717) is 15.6 Å². The second kappa shape index (κ2) is 6.14. The van der Waals surface area contributed by atoms with E-state index in [0.717, 1.165) is 0 Å². The van der Waals surface area contributed by atoms with Crippen LogP contribution in [0, 0.1) is 0 Å². The zero-order valence-electron chi connectivity index (χ0n) is 10.6. The molecule has 0 fully saturated rings. The molecule has 0 heterocycles. The number of rotatable bonds is 4. The predicted octanol–water partition coefficient (Wildman–Crippen LogP) is 2.75. The van der Waals surface area contributed by atoms with Crippen LogP contribution in [0.2, 0.25) is 10.0 Å². The van der Waals surface area contributed by atoms with Crippen LogP contribution in [0.3, 0.4) is 0 Å². The first kappa shape index (κ1) is 15.3. The molecular formula is C14H14Cl2NO2S+. The summed E-state index contributed by atoms with van der Waals surface area (Å²) < 4.78 is 25.3. The van der Waals surface area contributed by atoms with Gasteiger partial charge >= 0.3 is 0 Å². The standard InChI is InChI=1S/C14H13Cl2NO2S/c15-11-3-1-10(2-4-11)14(9-17)20(18,19)13-7-5-12(16)6-8-13/h1-8,14H,9,17H2/p+1/t14-/m0/s1. The second-order valence-corrected chi connectivity index (χ2v) is 7.33. The molecule has 0 saturated heterocycles. The van der Waals surface area contributed by atoms with E-state index in [-0.39, 0.29) is 11.4 Å². The quantitative estimate of drug-likeness (QED) is 0.936. The molecule has 0 spiro atoms. The molecular weight excluding hydrogens is 317 g/mol. The molecule has 0 bridgehead atoms. The normalized spacial score (nSPS) is 13.2. The van der Waals surface area contributed by atoms with Crippen LogP contribution >= 0.6 is 23.2 Å². The highest BCUT2D eigenvalue weighted by Gasteiger charge is 2.29. The van der Waals surface area contributed by atoms with Crippen molar-refractivity contribution in [3.63, 3.8) is 0 Å². The smallest absolute Gasteiger partial charge is 0.190 e. The lowest BCUT2D eigenvalue weighted by atomic mass is 10.1. The summed E-state index contributed by atoms with van der Waals surface area (Å²) in [5.41, 5.74) is 4.44. The van der Waals surface area contributed by atoms with Gasteiger partial charge in [-0.25, -0.2) is 8.42 Å². The number of hydrogen-bond donors (Lipinski definition) is 1. The molecule has 0 amide bonds. The minimum atomic E-state index is -3.50. The minimum Gasteiger partial charge on any atom is -0.356 e. The van der Waals surface area contributed by atoms with Gasteiger partial charge in [-0.3, -0.25) is 0 Å². The van der Waals surface area contributed by atoms with E-state index in [1.165, 1.54) is 12.1 Å². The van der Waals surface area contributed by atoms with Gasteiger partial charge < -0.3 is 5.73 Å². The van der Waals surface area contributed by atoms with E-state index in [9.17, 15) is 8.42 Å². The van der Waals surface area contributed by atoms with E-state index < -0.39 is 15.1 Å². The molecule has 106 valence electrons. The maximum Gasteiger partial charge on any atom is 0.190 e. The molecule has 2 aromatic rings. The average Bonchev–Trinajstić information content (AvgIpc) is 2.42. The SMILES string of the molecule is [NH3+]C[C@@H](c1ccc(Cl)cc1)S(=O)(=O)c1ccc(Cl)cc1. The third-order valence-corrected chi connectivity index (χ3v) is 5.71. The third-order valence-electron chi connectivity index (χ3n) is 3.02. The molecule has 1 atom stereocenters. The van der Waals surface area contributed by atoms with Gasteiger partial charge in [0.05, 0.1) is 11.4 Å². The average molecular weight is 331 g/mol. The van der Waals surface area contributed by atoms with Gasteiger partial charge in [0.15, 0.2) is 9.84 Å². The fraction of sp³-hybridized carbons (Fsp3) is 0.143. The van der Waals surface area contributed by atoms with Crippen LogP contribution in [0.15, 0.2) is 53.4 Å². The van der Waals surface area contributed by atoms with E-state index >= 15 is 0 Å². The van der Waals surface area contributed by atoms with Crippen molar-refractivity contribution in [2.24, 2.45) is 0 Å². The van der Waals surface area contributed by atoms with Crippen LogP contribution in [0.4, 0.5) is 0 Å². The molecule has 20 heavy (non-hydrogen) atoms. The number of halogens is 2. The first-order chi connectivity index (χ1) is 9.45. The Labute approximate surface area is 128 Å². The van der Waals surface area contributed by atoms with Crippen molar-refractivity contribution in [2.45, 2.75) is 10.1 Å². The van der Waals surface area contributed by atoms with Crippen LogP contribution in [0.1, 0.15) is 10.8 Å². The van der Waals surface area contributed by atoms with Gasteiger partial charge in [0.1, 0.15) is 5.25 Å². The highest BCUT2D eigenvalue weighted by Crippen LogP contribution is 2.29. The van der Waals surface area contributed by atoms with Gasteiger partial charge in [-0.05, 0) is 42.0 Å². The summed E-state index contributed by atoms with van der Waals surface area (Å²) in [6, 6.07) is 12.9. The van der Waals surface area contributed by atoms with Gasteiger partial charge in [-0.2, -0.15) is 0 Å². The Bertz CT molecular complexity index is 682. The van der Waals surface area contributed by atoms with E-state index in [4.69, 9.17) is 23.2 Å². The molecule has 0 radical (unpaired) electrons. The van der Waals surface area contributed by atoms with Gasteiger partial charge in [0.2, 0.25) is 0 Å². The fourth-order valence-electron chi connectivity index (χ4n) is 1.97. The Balaban J connectivity index is 2.44. The summed E-state index contributed by atoms with van der Waals surface area (Å²) in [6.07, 6.45) is 0. The lowest BCUT2D eigenvalue weighted by Crippen LogP contribution is -2.54. The molecule has 6 heteroatoms. The van der Waals surface area contributed by atoms with Crippen molar-refractivity contribution in [1.82, 2.24) is 0 Å². The number of benzene rings is 2. The van der Waals surface area contributed by atoms with Crippen LogP contribution in [0.5, 0.6) is 0 Å². The Morgan fingerprint density at radius 3 is 1.80 bits per heavy atom. The monoisotopic (exact) mass is 330 g/mol. The van der Waals surface area contributed by atoms with Crippen LogP contribution in [-0.4, -0.2) is 15.0 Å². The van der Waals surface area contributed by atoms with Crippen molar-refractivity contribution in [2.75, 3.05) is 6.54 Å². The van der Waals surface area contributed by atoms with Gasteiger partial charge in [-0.1, -0.05) is 35.3 Å². The Kier molecular flexibility index (Phi) is 4.70. The van der Waals surface area contributed by atoms with Crippen molar-refractivity contribution in [3.05, 3.63) is 64.1 Å². The number of sulfone groups is 1. The van der Waals surface area contributed by atoms with Crippen LogP contribution < -0.4 is 5.73 Å². The highest BCUT2D eigenvalue weighted by atomic mass is 35.5. The summed E-state index contributed by atoms with van der Waals surface area (Å²) in [7, 11) is -3.50. The van der Waals surface area contributed by atoms with Gasteiger partial charge in [-0.15, -0.1) is 0 Å². The van der Waals surface area contributed by atoms with Crippen LogP contribution in [-0.2, 0) is 9.84 Å². The van der Waals surface area contributed by atoms with Crippen molar-refractivity contribution in [3.8, 4) is 0 Å². The summed E-state index contributed by atoms with van der Waals surface area (Å²) in [4.78, 5) is 0.241. The summed E-state index contributed by atoms with van der Waals surface area (Å²) in [5.74, 6) is 0. The maximum atomic E-state index is 12.6. The van der Waals surface area contributed by atoms with Crippen molar-refractivity contribution >= 4 is 33.0 Å². The Morgan fingerprint density at radius 1 is 0.900 bits per heavy atom. The van der Waals surface area contributed by atoms with E-state index in [2.05, 4.69) is 5.73 Å². The topological polar surface area (TPSA) is 61.8 Å². The number of hydrogen-bond acceptors (Lipinski definition) is 2. The van der Waals surface area contributed by atoms with Gasteiger partial charge in [0, 0.05) is 10.0 Å². The summed E-state index contributed by atoms with van der Waals surface area (Å²) in [6.45, 7) is 0.243. The van der Waals surface area contributed by atoms with Crippen LogP contribution in [0.25, 0.3) is 0 Å². The number of quaternary nitrogens is 1. The zero-order chi connectivity index (χ0) is 14.8. The molecule has 0 unspecified atom stereocenters. The zero-order valence-corrected chi connectivity index (χ0v) is 12.9. The lowest BCUT2D eigenvalue weighted by molar-refractivity contribution is -0.367. The molecule has 2 aromatic carbocycles. The largest absolute Gasteiger partial charge is 0.356 e. The first-order valence-corrected chi connectivity index (χ1v) is 8.29. The fourth-order valence-corrected chi connectivity index (χ4v) is 3.89. The highest BCUT2D eigenvalue weighted by molar-refractivity contribution is 7.91. The molecule has 3 nitrogen and oxygen atoms in total. The summed E-state index contributed by atoms with van der Waals surface area (Å²) >= 11 is 11.6. The maximum absolute atomic E-state index is 12.6. The molecule has 3 N–H and O–H groups in total. The molecule has 0 aromatic heterocycles. The molecule has 0 aliphatic rings. The minimum absolute atomic E-state index is 0.241. The van der Waals surface area contributed by atoms with E-state index in [1.54, 1.807) is 36.4 Å². The van der Waals surface area contributed by atoms with Crippen molar-refractivity contribution < 1.29 is 14.2 Å². The summed E-state index contributed by atoms with van der Waals surface area (Å²) in [5, 5.41) is 0.378. The second-order valence-electron chi connectivity index (χ2n) is 4.33. The lowest BCUT2D eigenvalue weighted by Gasteiger charge is -2.15. The molecule has 0 saturated carbocycles. The molecule has 2 rings (SSSR count). The first-order valence-electron chi connectivity index (χ1n) is 5.99. The third kappa shape index (κ3) is 3.15. The predicted molar refractivity (Wildman–Crippen MR) is 80.6 cm³/mol. The van der Waals surface area contributed by atoms with Crippen molar-refractivity contribution in [1.29, 1.82) is 0 Å².